The van der Waals surface area contributed by atoms with Crippen LogP contribution < -0.4 is 0 Å². The van der Waals surface area contributed by atoms with Crippen molar-refractivity contribution < 1.29 is 23.9 Å². The molecule has 1 aromatic carbocycles. The molecule has 40 heavy (non-hydrogen) atoms. The lowest BCUT2D eigenvalue weighted by molar-refractivity contribution is -0.167. The summed E-state index contributed by atoms with van der Waals surface area (Å²) in [5.41, 5.74) is -0.236. The molecule has 6 heteroatoms. The maximum absolute atomic E-state index is 13.7. The molecule has 2 fully saturated rings. The van der Waals surface area contributed by atoms with Crippen LogP contribution in [0.4, 0.5) is 0 Å². The van der Waals surface area contributed by atoms with Gasteiger partial charge in [-0.25, -0.2) is 4.79 Å². The SMILES string of the molecule is CCC(C)(C)C(=O)C(=O)N1CCCC[C@H]1C(=O)O[C@H](CCc1ccccc1)C(C)(C)/C=C/C(=O)C1CCCCC1. The third-order valence-corrected chi connectivity index (χ3v) is 9.04. The molecule has 1 heterocycles. The Labute approximate surface area is 240 Å². The maximum atomic E-state index is 13.7. The van der Waals surface area contributed by atoms with Crippen molar-refractivity contribution in [3.8, 4) is 0 Å². The fourth-order valence-electron chi connectivity index (χ4n) is 5.67. The lowest BCUT2D eigenvalue weighted by atomic mass is 9.81. The number of allylic oxidation sites excluding steroid dienone is 1. The zero-order chi connectivity index (χ0) is 29.3. The second kappa shape index (κ2) is 14.2. The minimum absolute atomic E-state index is 0.0813. The number of ether oxygens (including phenoxy) is 1. The number of aryl methyl sites for hydroxylation is 1. The van der Waals surface area contributed by atoms with Crippen LogP contribution in [-0.2, 0) is 30.3 Å². The number of piperidine rings is 1. The molecule has 2 aliphatic rings. The Balaban J connectivity index is 1.79. The van der Waals surface area contributed by atoms with E-state index in [0.29, 0.717) is 32.2 Å². The van der Waals surface area contributed by atoms with Gasteiger partial charge in [0.2, 0.25) is 5.78 Å². The zero-order valence-corrected chi connectivity index (χ0v) is 25.2. The number of rotatable bonds is 12. The fourth-order valence-corrected chi connectivity index (χ4v) is 5.67. The topological polar surface area (TPSA) is 80.8 Å². The van der Waals surface area contributed by atoms with E-state index in [1.807, 2.05) is 45.0 Å². The quantitative estimate of drug-likeness (QED) is 0.165. The van der Waals surface area contributed by atoms with Gasteiger partial charge in [-0.15, -0.1) is 0 Å². The van der Waals surface area contributed by atoms with Gasteiger partial charge in [-0.05, 0) is 63.0 Å². The first-order chi connectivity index (χ1) is 19.0. The average molecular weight is 552 g/mol. The standard InChI is InChI=1S/C34H49NO5/c1-6-33(2,3)30(37)31(38)35-24-14-13-19-27(35)32(39)40-29(21-20-25-15-9-7-10-16-25)34(4,5)23-22-28(36)26-17-11-8-12-18-26/h7,9-10,15-16,22-23,26-27,29H,6,8,11-14,17-21,24H2,1-5H3/b23-22+/t27-,29+/m0/s1. The van der Waals surface area contributed by atoms with Gasteiger partial charge in [0.15, 0.2) is 5.78 Å². The fraction of sp³-hybridized carbons (Fsp3) is 0.647. The van der Waals surface area contributed by atoms with Crippen LogP contribution in [0.1, 0.15) is 104 Å². The summed E-state index contributed by atoms with van der Waals surface area (Å²) < 4.78 is 6.22. The minimum Gasteiger partial charge on any atom is -0.460 e. The van der Waals surface area contributed by atoms with E-state index in [4.69, 9.17) is 4.74 Å². The van der Waals surface area contributed by atoms with Crippen molar-refractivity contribution in [3.63, 3.8) is 0 Å². The van der Waals surface area contributed by atoms with Gasteiger partial charge < -0.3 is 9.64 Å². The number of hydrogen-bond donors (Lipinski definition) is 0. The molecule has 0 unspecified atom stereocenters. The predicted octanol–water partition coefficient (Wildman–Crippen LogP) is 6.65. The highest BCUT2D eigenvalue weighted by Gasteiger charge is 2.42. The summed E-state index contributed by atoms with van der Waals surface area (Å²) in [4.78, 5) is 54.3. The van der Waals surface area contributed by atoms with Gasteiger partial charge in [0, 0.05) is 23.3 Å². The molecule has 1 aromatic rings. The van der Waals surface area contributed by atoms with E-state index < -0.39 is 40.6 Å². The summed E-state index contributed by atoms with van der Waals surface area (Å²) in [7, 11) is 0. The van der Waals surface area contributed by atoms with Crippen molar-refractivity contribution in [2.24, 2.45) is 16.7 Å². The molecule has 3 rings (SSSR count). The van der Waals surface area contributed by atoms with Gasteiger partial charge in [-0.1, -0.05) is 90.3 Å². The van der Waals surface area contributed by atoms with Crippen LogP contribution >= 0.6 is 0 Å². The number of hydrogen-bond acceptors (Lipinski definition) is 5. The number of carbonyl (C=O) groups excluding carboxylic acids is 4. The average Bonchev–Trinajstić information content (AvgIpc) is 2.98. The molecule has 0 bridgehead atoms. The van der Waals surface area contributed by atoms with E-state index in [2.05, 4.69) is 12.1 Å². The molecular formula is C34H49NO5. The Hall–Kier alpha value is -2.76. The van der Waals surface area contributed by atoms with Crippen molar-refractivity contribution in [3.05, 3.63) is 48.0 Å². The molecule has 0 spiro atoms. The highest BCUT2D eigenvalue weighted by atomic mass is 16.5. The number of carbonyl (C=O) groups is 4. The first kappa shape index (κ1) is 31.8. The molecule has 1 saturated carbocycles. The molecule has 1 aliphatic carbocycles. The number of amides is 1. The highest BCUT2D eigenvalue weighted by molar-refractivity contribution is 6.38. The van der Waals surface area contributed by atoms with E-state index in [1.165, 1.54) is 11.3 Å². The molecule has 220 valence electrons. The van der Waals surface area contributed by atoms with Crippen molar-refractivity contribution >= 4 is 23.4 Å². The molecule has 1 amide bonds. The van der Waals surface area contributed by atoms with Crippen LogP contribution in [0.3, 0.4) is 0 Å². The van der Waals surface area contributed by atoms with Crippen LogP contribution in [-0.4, -0.2) is 47.0 Å². The summed E-state index contributed by atoms with van der Waals surface area (Å²) in [6, 6.07) is 9.28. The second-order valence-corrected chi connectivity index (χ2v) is 12.9. The number of benzene rings is 1. The first-order valence-electron chi connectivity index (χ1n) is 15.3. The molecule has 1 aliphatic heterocycles. The smallest absolute Gasteiger partial charge is 0.329 e. The number of esters is 1. The third-order valence-electron chi connectivity index (χ3n) is 9.04. The van der Waals surface area contributed by atoms with Gasteiger partial charge in [0.1, 0.15) is 12.1 Å². The summed E-state index contributed by atoms with van der Waals surface area (Å²) in [6.45, 7) is 9.80. The number of ketones is 2. The molecular weight excluding hydrogens is 502 g/mol. The van der Waals surface area contributed by atoms with Gasteiger partial charge in [0.05, 0.1) is 0 Å². The zero-order valence-electron chi connectivity index (χ0n) is 25.2. The van der Waals surface area contributed by atoms with Gasteiger partial charge >= 0.3 is 5.97 Å². The lowest BCUT2D eigenvalue weighted by Crippen LogP contribution is -2.54. The van der Waals surface area contributed by atoms with Crippen LogP contribution in [0.2, 0.25) is 0 Å². The molecule has 0 N–H and O–H groups in total. The van der Waals surface area contributed by atoms with E-state index >= 15 is 0 Å². The monoisotopic (exact) mass is 551 g/mol. The molecule has 1 saturated heterocycles. The van der Waals surface area contributed by atoms with Gasteiger partial charge in [-0.3, -0.25) is 14.4 Å². The van der Waals surface area contributed by atoms with Crippen LogP contribution in [0.15, 0.2) is 42.5 Å². The Bertz CT molecular complexity index is 1050. The highest BCUT2D eigenvalue weighted by Crippen LogP contribution is 2.32. The molecule has 6 nitrogen and oxygen atoms in total. The van der Waals surface area contributed by atoms with E-state index in [0.717, 1.165) is 44.1 Å². The van der Waals surface area contributed by atoms with E-state index in [9.17, 15) is 19.2 Å². The molecule has 0 aromatic heterocycles. The summed E-state index contributed by atoms with van der Waals surface area (Å²) in [5.74, 6) is -1.28. The number of nitrogens with zero attached hydrogens (tertiary/aromatic N) is 1. The molecule has 0 radical (unpaired) electrons. The van der Waals surface area contributed by atoms with Crippen LogP contribution in [0, 0.1) is 16.7 Å². The van der Waals surface area contributed by atoms with Gasteiger partial charge in [-0.2, -0.15) is 0 Å². The Morgan fingerprint density at radius 2 is 1.60 bits per heavy atom. The summed E-state index contributed by atoms with van der Waals surface area (Å²) in [5, 5.41) is 0. The Morgan fingerprint density at radius 1 is 0.950 bits per heavy atom. The normalized spacial score (nSPS) is 19.8. The minimum atomic E-state index is -0.779. The van der Waals surface area contributed by atoms with Gasteiger partial charge in [0.25, 0.3) is 5.91 Å². The Kier molecular flexibility index (Phi) is 11.3. The summed E-state index contributed by atoms with van der Waals surface area (Å²) in [6.07, 6.45) is 12.2. The third kappa shape index (κ3) is 8.37. The predicted molar refractivity (Wildman–Crippen MR) is 158 cm³/mol. The first-order valence-corrected chi connectivity index (χ1v) is 15.3. The maximum Gasteiger partial charge on any atom is 0.329 e. The van der Waals surface area contributed by atoms with Crippen LogP contribution in [0.5, 0.6) is 0 Å². The number of likely N-dealkylation sites (tertiary alicyclic amines) is 1. The second-order valence-electron chi connectivity index (χ2n) is 12.9. The van der Waals surface area contributed by atoms with Crippen LogP contribution in [0.25, 0.3) is 0 Å². The van der Waals surface area contributed by atoms with Crippen molar-refractivity contribution in [1.29, 1.82) is 0 Å². The molecule has 2 atom stereocenters. The lowest BCUT2D eigenvalue weighted by Gasteiger charge is -2.38. The van der Waals surface area contributed by atoms with Crippen molar-refractivity contribution in [2.75, 3.05) is 6.54 Å². The van der Waals surface area contributed by atoms with Crippen molar-refractivity contribution in [1.82, 2.24) is 4.90 Å². The van der Waals surface area contributed by atoms with E-state index in [-0.39, 0.29) is 11.7 Å². The van der Waals surface area contributed by atoms with Crippen molar-refractivity contribution in [2.45, 2.75) is 117 Å². The Morgan fingerprint density at radius 3 is 2.25 bits per heavy atom. The summed E-state index contributed by atoms with van der Waals surface area (Å²) >= 11 is 0. The largest absolute Gasteiger partial charge is 0.460 e. The number of Topliss-reactive ketones (excluding diaryl/α,β-unsaturated/α-hetero) is 1. The van der Waals surface area contributed by atoms with E-state index in [1.54, 1.807) is 19.9 Å².